The maximum absolute atomic E-state index is 9.53. The first kappa shape index (κ1) is 28.6. The number of ether oxygens (including phenoxy) is 1. The van der Waals surface area contributed by atoms with Crippen LogP contribution in [0.15, 0.2) is 97.1 Å². The van der Waals surface area contributed by atoms with Gasteiger partial charge in [-0.15, -0.1) is 0 Å². The van der Waals surface area contributed by atoms with Crippen LogP contribution in [0.5, 0.6) is 5.75 Å². The van der Waals surface area contributed by atoms with Gasteiger partial charge in [-0.1, -0.05) is 72.8 Å². The number of carboxylic acids is 2. The highest BCUT2D eigenvalue weighted by atomic mass is 16.7. The van der Waals surface area contributed by atoms with Crippen LogP contribution in [0.3, 0.4) is 0 Å². The number of hydroxylamine groups is 3. The number of carbonyl (C=O) groups is 2. The zero-order valence-electron chi connectivity index (χ0n) is 21.7. The molecule has 1 aliphatic rings. The summed E-state index contributed by atoms with van der Waals surface area (Å²) in [6.07, 6.45) is 5.59. The predicted octanol–water partition coefficient (Wildman–Crippen LogP) is 4.34. The highest BCUT2D eigenvalue weighted by molar-refractivity contribution is 5.88. The minimum atomic E-state index is -1.51. The van der Waals surface area contributed by atoms with Crippen LogP contribution >= 0.6 is 0 Å². The maximum atomic E-state index is 9.53. The van der Waals surface area contributed by atoms with Crippen LogP contribution in [0.4, 0.5) is 0 Å². The van der Waals surface area contributed by atoms with Crippen LogP contribution in [0.25, 0.3) is 0 Å². The van der Waals surface area contributed by atoms with E-state index in [0.717, 1.165) is 31.8 Å². The third-order valence-electron chi connectivity index (χ3n) is 6.47. The summed E-state index contributed by atoms with van der Waals surface area (Å²) >= 11 is 0. The molecule has 7 heteroatoms. The minimum Gasteiger partial charge on any atom is -0.545 e. The normalized spacial score (nSPS) is 14.5. The molecule has 0 aliphatic carbocycles. The standard InChI is InChI=1S/C27H32NO2.C4H4O4/c1-29-26-17-11-12-23(22-26)18-21-28(19-9-4-10-20-28)30-27(24-13-5-2-6-14-24)25-15-7-3-8-16-25;5-3(6)1-2-4(7)8/h2-3,5-8,11-17,22,27H,4,9-10,18-21H2,1H3;1-2H,(H,5,6)(H,7,8)/q+1;/p-1. The van der Waals surface area contributed by atoms with E-state index >= 15 is 0 Å². The average molecular weight is 518 g/mol. The molecule has 1 N–H and O–H groups in total. The number of nitrogens with zero attached hydrogens (tertiary/aromatic N) is 1. The number of carbonyl (C=O) groups excluding carboxylic acids is 1. The zero-order valence-corrected chi connectivity index (χ0v) is 21.7. The molecule has 0 bridgehead atoms. The van der Waals surface area contributed by atoms with Crippen molar-refractivity contribution in [2.24, 2.45) is 0 Å². The van der Waals surface area contributed by atoms with E-state index in [4.69, 9.17) is 14.7 Å². The summed E-state index contributed by atoms with van der Waals surface area (Å²) in [5.41, 5.74) is 3.73. The van der Waals surface area contributed by atoms with Gasteiger partial charge >= 0.3 is 5.97 Å². The molecule has 0 aromatic heterocycles. The Bertz CT molecular complexity index is 1120. The lowest BCUT2D eigenvalue weighted by Gasteiger charge is -2.41. The van der Waals surface area contributed by atoms with Crippen molar-refractivity contribution in [2.45, 2.75) is 31.8 Å². The Balaban J connectivity index is 0.000000436. The van der Waals surface area contributed by atoms with Crippen molar-refractivity contribution in [3.05, 3.63) is 114 Å². The van der Waals surface area contributed by atoms with Gasteiger partial charge in [0.05, 0.1) is 13.1 Å². The smallest absolute Gasteiger partial charge is 0.328 e. The fourth-order valence-corrected chi connectivity index (χ4v) is 4.56. The van der Waals surface area contributed by atoms with Crippen molar-refractivity contribution in [3.8, 4) is 5.75 Å². The number of aliphatic carboxylic acids is 2. The fourth-order valence-electron chi connectivity index (χ4n) is 4.56. The summed E-state index contributed by atoms with van der Waals surface area (Å²) in [5.74, 6) is -1.88. The van der Waals surface area contributed by atoms with Crippen molar-refractivity contribution in [2.75, 3.05) is 26.7 Å². The molecule has 3 aromatic rings. The number of hydrogen-bond donors (Lipinski definition) is 1. The third kappa shape index (κ3) is 9.18. The van der Waals surface area contributed by atoms with Crippen molar-refractivity contribution in [1.82, 2.24) is 0 Å². The monoisotopic (exact) mass is 517 g/mol. The van der Waals surface area contributed by atoms with E-state index in [1.807, 2.05) is 6.07 Å². The van der Waals surface area contributed by atoms with Crippen molar-refractivity contribution in [1.29, 1.82) is 0 Å². The van der Waals surface area contributed by atoms with E-state index in [1.165, 1.54) is 36.0 Å². The molecule has 3 aromatic carbocycles. The summed E-state index contributed by atoms with van der Waals surface area (Å²) in [5, 5.41) is 17.2. The molecule has 0 saturated carbocycles. The largest absolute Gasteiger partial charge is 0.545 e. The Labute approximate surface area is 224 Å². The second-order valence-electron chi connectivity index (χ2n) is 9.19. The van der Waals surface area contributed by atoms with Crippen LogP contribution in [0, 0.1) is 0 Å². The molecular weight excluding hydrogens is 482 g/mol. The number of carboxylic acid groups (broad SMARTS) is 2. The van der Waals surface area contributed by atoms with E-state index in [-0.39, 0.29) is 6.10 Å². The molecule has 0 amide bonds. The molecule has 38 heavy (non-hydrogen) atoms. The molecule has 1 heterocycles. The van der Waals surface area contributed by atoms with Crippen molar-refractivity contribution < 1.29 is 34.0 Å². The second-order valence-corrected chi connectivity index (χ2v) is 9.19. The number of benzene rings is 3. The maximum Gasteiger partial charge on any atom is 0.328 e. The Kier molecular flexibility index (Phi) is 11.1. The van der Waals surface area contributed by atoms with Gasteiger partial charge in [-0.2, -0.15) is 9.48 Å². The number of hydrogen-bond acceptors (Lipinski definition) is 5. The van der Waals surface area contributed by atoms with Crippen LogP contribution < -0.4 is 9.84 Å². The van der Waals surface area contributed by atoms with Gasteiger partial charge in [0.2, 0.25) is 0 Å². The quantitative estimate of drug-likeness (QED) is 0.318. The number of quaternary nitrogens is 1. The highest BCUT2D eigenvalue weighted by Crippen LogP contribution is 2.33. The molecule has 1 fully saturated rings. The Hall–Kier alpha value is -3.94. The lowest BCUT2D eigenvalue weighted by molar-refractivity contribution is -1.11. The SMILES string of the molecule is COc1cccc(CC[N+]2(OC(c3ccccc3)c3ccccc3)CCCCC2)c1.O=C([O-])C=CC(=O)O. The molecule has 0 spiro atoms. The second kappa shape index (κ2) is 14.7. The molecular formula is C31H35NO6. The summed E-state index contributed by atoms with van der Waals surface area (Å²) in [7, 11) is 1.73. The number of likely N-dealkylation sites (tertiary alicyclic amines) is 1. The van der Waals surface area contributed by atoms with Gasteiger partial charge < -0.3 is 19.7 Å². The van der Waals surface area contributed by atoms with E-state index in [9.17, 15) is 14.7 Å². The van der Waals surface area contributed by atoms with Gasteiger partial charge in [-0.3, -0.25) is 0 Å². The van der Waals surface area contributed by atoms with Gasteiger partial charge in [0.1, 0.15) is 25.4 Å². The van der Waals surface area contributed by atoms with Crippen molar-refractivity contribution in [3.63, 3.8) is 0 Å². The summed E-state index contributed by atoms with van der Waals surface area (Å²) in [6.45, 7) is 3.11. The zero-order chi connectivity index (χ0) is 27.2. The van der Waals surface area contributed by atoms with Gasteiger partial charge in [0, 0.05) is 12.5 Å². The minimum absolute atomic E-state index is 0.0594. The predicted molar refractivity (Wildman–Crippen MR) is 143 cm³/mol. The first-order chi connectivity index (χ1) is 18.4. The summed E-state index contributed by atoms with van der Waals surface area (Å²) < 4.78 is 6.13. The lowest BCUT2D eigenvalue weighted by atomic mass is 10.0. The molecule has 0 atom stereocenters. The highest BCUT2D eigenvalue weighted by Gasteiger charge is 2.36. The van der Waals surface area contributed by atoms with E-state index in [2.05, 4.69) is 78.9 Å². The Morgan fingerprint density at radius 1 is 0.895 bits per heavy atom. The van der Waals surface area contributed by atoms with Crippen LogP contribution in [0.1, 0.15) is 42.1 Å². The van der Waals surface area contributed by atoms with Gasteiger partial charge in [0.15, 0.2) is 6.10 Å². The number of piperidine rings is 1. The van der Waals surface area contributed by atoms with E-state index in [1.54, 1.807) is 7.11 Å². The first-order valence-electron chi connectivity index (χ1n) is 12.8. The van der Waals surface area contributed by atoms with Crippen LogP contribution in [0.2, 0.25) is 0 Å². The van der Waals surface area contributed by atoms with Gasteiger partial charge in [-0.25, -0.2) is 4.79 Å². The van der Waals surface area contributed by atoms with Crippen LogP contribution in [-0.4, -0.2) is 48.4 Å². The van der Waals surface area contributed by atoms with Gasteiger partial charge in [0.25, 0.3) is 0 Å². The lowest BCUT2D eigenvalue weighted by Crippen LogP contribution is -2.53. The van der Waals surface area contributed by atoms with E-state index in [0.29, 0.717) is 16.8 Å². The molecule has 7 nitrogen and oxygen atoms in total. The third-order valence-corrected chi connectivity index (χ3v) is 6.47. The van der Waals surface area contributed by atoms with Crippen molar-refractivity contribution >= 4 is 11.9 Å². The van der Waals surface area contributed by atoms with Gasteiger partial charge in [-0.05, 0) is 54.2 Å². The molecule has 0 radical (unpaired) electrons. The van der Waals surface area contributed by atoms with E-state index < -0.39 is 11.9 Å². The topological polar surface area (TPSA) is 95.9 Å². The van der Waals surface area contributed by atoms with Crippen LogP contribution in [-0.2, 0) is 20.8 Å². The molecule has 1 saturated heterocycles. The molecule has 200 valence electrons. The Morgan fingerprint density at radius 2 is 1.50 bits per heavy atom. The summed E-state index contributed by atoms with van der Waals surface area (Å²) in [6, 6.07) is 29.7. The molecule has 1 aliphatic heterocycles. The Morgan fingerprint density at radius 3 is 2.00 bits per heavy atom. The number of methoxy groups -OCH3 is 1. The first-order valence-corrected chi connectivity index (χ1v) is 12.8. The molecule has 0 unspecified atom stereocenters. The average Bonchev–Trinajstić information content (AvgIpc) is 2.96. The molecule has 4 rings (SSSR count). The summed E-state index contributed by atoms with van der Waals surface area (Å²) in [4.78, 5) is 26.0. The fraction of sp³-hybridized carbons (Fsp3) is 0.290. The number of rotatable bonds is 10.